The maximum absolute atomic E-state index is 9.69. The average molecular weight is 282 g/mol. The van der Waals surface area contributed by atoms with Crippen molar-refractivity contribution in [1.29, 1.82) is 0 Å². The molecule has 0 heterocycles. The van der Waals surface area contributed by atoms with E-state index in [4.69, 9.17) is 0 Å². The minimum absolute atomic E-state index is 0.362. The third kappa shape index (κ3) is 3.47. The van der Waals surface area contributed by atoms with Gasteiger partial charge < -0.3 is 5.11 Å². The lowest BCUT2D eigenvalue weighted by Gasteiger charge is -2.20. The van der Waals surface area contributed by atoms with Crippen LogP contribution in [-0.4, -0.2) is 5.11 Å². The summed E-state index contributed by atoms with van der Waals surface area (Å²) in [5, 5.41) is 9.69. The number of aromatic hydroxyl groups is 1. The Labute approximate surface area is 128 Å². The summed E-state index contributed by atoms with van der Waals surface area (Å²) in [5.74, 6) is 1.33. The quantitative estimate of drug-likeness (QED) is 0.754. The molecule has 1 unspecified atom stereocenters. The molecule has 0 fully saturated rings. The van der Waals surface area contributed by atoms with Crippen LogP contribution in [0.2, 0.25) is 0 Å². The van der Waals surface area contributed by atoms with Crippen molar-refractivity contribution in [2.24, 2.45) is 0 Å². The summed E-state index contributed by atoms with van der Waals surface area (Å²) >= 11 is 0. The predicted octanol–water partition coefficient (Wildman–Crippen LogP) is 5.62. The van der Waals surface area contributed by atoms with Gasteiger partial charge in [-0.2, -0.15) is 0 Å². The summed E-state index contributed by atoms with van der Waals surface area (Å²) in [5.41, 5.74) is 5.34. The zero-order valence-electron chi connectivity index (χ0n) is 13.6. The Hall–Kier alpha value is -1.76. The summed E-state index contributed by atoms with van der Waals surface area (Å²) in [6.45, 7) is 8.82. The van der Waals surface area contributed by atoms with Gasteiger partial charge in [-0.25, -0.2) is 0 Å². The Balaban J connectivity index is 2.39. The van der Waals surface area contributed by atoms with Gasteiger partial charge >= 0.3 is 0 Å². The highest BCUT2D eigenvalue weighted by Gasteiger charge is 2.16. The Bertz CT molecular complexity index is 581. The van der Waals surface area contributed by atoms with Crippen LogP contribution in [0.1, 0.15) is 68.2 Å². The van der Waals surface area contributed by atoms with Crippen molar-refractivity contribution in [2.75, 3.05) is 0 Å². The second-order valence-electron chi connectivity index (χ2n) is 6.02. The van der Waals surface area contributed by atoms with Crippen molar-refractivity contribution in [1.82, 2.24) is 0 Å². The fourth-order valence-corrected chi connectivity index (χ4v) is 2.99. The number of phenols is 1. The Morgan fingerprint density at radius 1 is 0.905 bits per heavy atom. The van der Waals surface area contributed by atoms with Gasteiger partial charge in [-0.05, 0) is 53.1 Å². The molecule has 0 aliphatic heterocycles. The van der Waals surface area contributed by atoms with Gasteiger partial charge in [-0.3, -0.25) is 0 Å². The van der Waals surface area contributed by atoms with Crippen LogP contribution >= 0.6 is 0 Å². The zero-order valence-corrected chi connectivity index (χ0v) is 13.6. The highest BCUT2D eigenvalue weighted by molar-refractivity contribution is 5.42. The monoisotopic (exact) mass is 282 g/mol. The summed E-state index contributed by atoms with van der Waals surface area (Å²) in [6, 6.07) is 14.8. The number of phenolic OH excluding ortho intramolecular Hbond substituents is 1. The van der Waals surface area contributed by atoms with E-state index in [1.807, 2.05) is 6.07 Å². The normalized spacial score (nSPS) is 12.6. The second-order valence-corrected chi connectivity index (χ2v) is 6.02. The first kappa shape index (κ1) is 15.6. The SMILES string of the molecule is CCc1cc(O)ccc1C(CC)c1ccc(C(C)C)cc1. The van der Waals surface area contributed by atoms with Gasteiger partial charge in [0.25, 0.3) is 0 Å². The van der Waals surface area contributed by atoms with E-state index in [1.54, 1.807) is 6.07 Å². The van der Waals surface area contributed by atoms with Gasteiger partial charge in [0, 0.05) is 5.92 Å². The van der Waals surface area contributed by atoms with Crippen LogP contribution in [0, 0.1) is 0 Å². The van der Waals surface area contributed by atoms with E-state index in [0.29, 0.717) is 17.6 Å². The van der Waals surface area contributed by atoms with E-state index < -0.39 is 0 Å². The number of aryl methyl sites for hydroxylation is 1. The molecular weight excluding hydrogens is 256 g/mol. The average Bonchev–Trinajstić information content (AvgIpc) is 2.49. The second kappa shape index (κ2) is 6.80. The molecule has 112 valence electrons. The van der Waals surface area contributed by atoms with E-state index in [-0.39, 0.29) is 0 Å². The Morgan fingerprint density at radius 2 is 1.52 bits per heavy atom. The van der Waals surface area contributed by atoms with Crippen LogP contribution < -0.4 is 0 Å². The van der Waals surface area contributed by atoms with Crippen LogP contribution in [0.3, 0.4) is 0 Å². The van der Waals surface area contributed by atoms with Crippen LogP contribution in [0.25, 0.3) is 0 Å². The van der Waals surface area contributed by atoms with E-state index in [1.165, 1.54) is 22.3 Å². The van der Waals surface area contributed by atoms with Crippen molar-refractivity contribution in [3.05, 3.63) is 64.7 Å². The first-order valence-electron chi connectivity index (χ1n) is 7.98. The molecule has 0 aliphatic rings. The van der Waals surface area contributed by atoms with Gasteiger partial charge in [0.1, 0.15) is 5.75 Å². The van der Waals surface area contributed by atoms with Crippen LogP contribution in [0.5, 0.6) is 5.75 Å². The van der Waals surface area contributed by atoms with Crippen molar-refractivity contribution in [2.45, 2.75) is 52.4 Å². The number of hydrogen-bond donors (Lipinski definition) is 1. The van der Waals surface area contributed by atoms with Crippen LogP contribution in [0.15, 0.2) is 42.5 Å². The Kier molecular flexibility index (Phi) is 5.06. The number of rotatable bonds is 5. The molecule has 1 nitrogen and oxygen atoms in total. The number of benzene rings is 2. The zero-order chi connectivity index (χ0) is 15.4. The fourth-order valence-electron chi connectivity index (χ4n) is 2.99. The minimum atomic E-state index is 0.362. The highest BCUT2D eigenvalue weighted by atomic mass is 16.3. The van der Waals surface area contributed by atoms with E-state index >= 15 is 0 Å². The molecule has 0 saturated heterocycles. The topological polar surface area (TPSA) is 20.2 Å². The molecule has 2 aromatic rings. The van der Waals surface area contributed by atoms with Crippen molar-refractivity contribution >= 4 is 0 Å². The Morgan fingerprint density at radius 3 is 2.05 bits per heavy atom. The molecule has 1 atom stereocenters. The molecule has 0 aromatic heterocycles. The molecule has 0 aliphatic carbocycles. The summed E-state index contributed by atoms with van der Waals surface area (Å²) in [6.07, 6.45) is 2.02. The van der Waals surface area contributed by atoms with Gasteiger partial charge in [0.05, 0.1) is 0 Å². The molecule has 2 rings (SSSR count). The summed E-state index contributed by atoms with van der Waals surface area (Å²) in [4.78, 5) is 0. The van der Waals surface area contributed by atoms with Gasteiger partial charge in [0.2, 0.25) is 0 Å². The molecule has 0 radical (unpaired) electrons. The molecule has 0 amide bonds. The lowest BCUT2D eigenvalue weighted by atomic mass is 9.84. The molecule has 2 aromatic carbocycles. The largest absolute Gasteiger partial charge is 0.508 e. The smallest absolute Gasteiger partial charge is 0.115 e. The lowest BCUT2D eigenvalue weighted by Crippen LogP contribution is -2.04. The molecule has 1 N–H and O–H groups in total. The lowest BCUT2D eigenvalue weighted by molar-refractivity contribution is 0.474. The number of hydrogen-bond acceptors (Lipinski definition) is 1. The first-order chi connectivity index (χ1) is 10.1. The molecular formula is C20H26O. The van der Waals surface area contributed by atoms with Crippen molar-refractivity contribution < 1.29 is 5.11 Å². The maximum Gasteiger partial charge on any atom is 0.115 e. The molecule has 0 spiro atoms. The van der Waals surface area contributed by atoms with Gasteiger partial charge in [-0.15, -0.1) is 0 Å². The third-order valence-corrected chi connectivity index (χ3v) is 4.30. The van der Waals surface area contributed by atoms with E-state index in [2.05, 4.69) is 58.0 Å². The van der Waals surface area contributed by atoms with E-state index in [9.17, 15) is 5.11 Å². The van der Waals surface area contributed by atoms with Crippen LogP contribution in [0.4, 0.5) is 0 Å². The maximum atomic E-state index is 9.69. The third-order valence-electron chi connectivity index (χ3n) is 4.30. The van der Waals surface area contributed by atoms with Gasteiger partial charge in [0.15, 0.2) is 0 Å². The molecule has 21 heavy (non-hydrogen) atoms. The minimum Gasteiger partial charge on any atom is -0.508 e. The van der Waals surface area contributed by atoms with Crippen molar-refractivity contribution in [3.63, 3.8) is 0 Å². The van der Waals surface area contributed by atoms with Gasteiger partial charge in [-0.1, -0.05) is 58.0 Å². The molecule has 0 bridgehead atoms. The summed E-state index contributed by atoms with van der Waals surface area (Å²) < 4.78 is 0. The molecule has 1 heteroatoms. The first-order valence-corrected chi connectivity index (χ1v) is 7.98. The highest BCUT2D eigenvalue weighted by Crippen LogP contribution is 2.33. The van der Waals surface area contributed by atoms with Crippen LogP contribution in [-0.2, 0) is 6.42 Å². The fraction of sp³-hybridized carbons (Fsp3) is 0.400. The summed E-state index contributed by atoms with van der Waals surface area (Å²) in [7, 11) is 0. The van der Waals surface area contributed by atoms with Crippen molar-refractivity contribution in [3.8, 4) is 5.75 Å². The van der Waals surface area contributed by atoms with E-state index in [0.717, 1.165) is 12.8 Å². The predicted molar refractivity (Wildman–Crippen MR) is 90.1 cm³/mol. The molecule has 0 saturated carbocycles. The standard InChI is InChI=1S/C20H26O/c1-5-15-13-18(21)11-12-20(15)19(6-2)17-9-7-16(8-10-17)14(3)4/h7-14,19,21H,5-6H2,1-4H3.